The van der Waals surface area contributed by atoms with Gasteiger partial charge in [0.2, 0.25) is 5.88 Å². The predicted molar refractivity (Wildman–Crippen MR) is 75.8 cm³/mol. The molecule has 1 aromatic heterocycles. The first-order valence-electron chi connectivity index (χ1n) is 5.82. The summed E-state index contributed by atoms with van der Waals surface area (Å²) in [6.45, 7) is 0.277. The summed E-state index contributed by atoms with van der Waals surface area (Å²) in [5, 5.41) is 0.652. The van der Waals surface area contributed by atoms with E-state index in [0.29, 0.717) is 5.02 Å². The fourth-order valence-electron chi connectivity index (χ4n) is 1.59. The number of anilines is 1. The highest BCUT2D eigenvalue weighted by molar-refractivity contribution is 6.30. The number of aromatic nitrogens is 1. The first-order chi connectivity index (χ1) is 9.61. The zero-order valence-electron chi connectivity index (χ0n) is 10.8. The van der Waals surface area contributed by atoms with E-state index in [0.717, 1.165) is 5.56 Å². The van der Waals surface area contributed by atoms with Crippen molar-refractivity contribution in [2.24, 2.45) is 0 Å². The Morgan fingerprint density at radius 2 is 2.00 bits per heavy atom. The molecule has 0 saturated carbocycles. The summed E-state index contributed by atoms with van der Waals surface area (Å²) >= 11 is 5.80. The van der Waals surface area contributed by atoms with Crippen molar-refractivity contribution in [3.05, 3.63) is 52.7 Å². The van der Waals surface area contributed by atoms with Gasteiger partial charge < -0.3 is 15.2 Å². The number of hydrogen-bond donors (Lipinski definition) is 1. The van der Waals surface area contributed by atoms with Gasteiger partial charge in [-0.05, 0) is 23.8 Å². The number of ether oxygens (including phenoxy) is 2. The predicted octanol–water partition coefficient (Wildman–Crippen LogP) is 2.68. The van der Waals surface area contributed by atoms with Gasteiger partial charge >= 0.3 is 5.97 Å². The van der Waals surface area contributed by atoms with Gasteiger partial charge in [-0.3, -0.25) is 0 Å². The van der Waals surface area contributed by atoms with Crippen LogP contribution in [-0.4, -0.2) is 18.1 Å². The number of benzene rings is 1. The van der Waals surface area contributed by atoms with Crippen molar-refractivity contribution in [1.82, 2.24) is 4.98 Å². The van der Waals surface area contributed by atoms with Crippen LogP contribution >= 0.6 is 11.6 Å². The highest BCUT2D eigenvalue weighted by atomic mass is 35.5. The minimum atomic E-state index is -0.527. The second kappa shape index (κ2) is 6.25. The van der Waals surface area contributed by atoms with E-state index in [4.69, 9.17) is 22.1 Å². The lowest BCUT2D eigenvalue weighted by Gasteiger charge is -2.10. The lowest BCUT2D eigenvalue weighted by Crippen LogP contribution is -2.09. The van der Waals surface area contributed by atoms with E-state index < -0.39 is 5.97 Å². The molecule has 2 N–H and O–H groups in total. The molecule has 0 spiro atoms. The molecule has 0 unspecified atom stereocenters. The van der Waals surface area contributed by atoms with Crippen LogP contribution in [0.5, 0.6) is 5.88 Å². The molecule has 0 aliphatic rings. The van der Waals surface area contributed by atoms with E-state index in [-0.39, 0.29) is 23.7 Å². The zero-order valence-corrected chi connectivity index (χ0v) is 11.6. The van der Waals surface area contributed by atoms with Gasteiger partial charge in [-0.25, -0.2) is 9.78 Å². The van der Waals surface area contributed by atoms with Gasteiger partial charge in [-0.2, -0.15) is 0 Å². The fraction of sp³-hybridized carbons (Fsp3) is 0.143. The number of hydrogen-bond acceptors (Lipinski definition) is 5. The number of esters is 1. The monoisotopic (exact) mass is 292 g/mol. The molecule has 0 bridgehead atoms. The summed E-state index contributed by atoms with van der Waals surface area (Å²) in [5.41, 5.74) is 7.15. The Morgan fingerprint density at radius 1 is 1.30 bits per heavy atom. The molecule has 6 heteroatoms. The molecule has 1 heterocycles. The van der Waals surface area contributed by atoms with E-state index in [2.05, 4.69) is 9.72 Å². The van der Waals surface area contributed by atoms with Crippen LogP contribution in [0, 0.1) is 0 Å². The topological polar surface area (TPSA) is 74.4 Å². The quantitative estimate of drug-likeness (QED) is 0.877. The van der Waals surface area contributed by atoms with Crippen LogP contribution < -0.4 is 10.5 Å². The van der Waals surface area contributed by atoms with E-state index in [1.165, 1.54) is 19.4 Å². The Hall–Kier alpha value is -2.27. The molecule has 1 aromatic carbocycles. The molecule has 0 aliphatic heterocycles. The fourth-order valence-corrected chi connectivity index (χ4v) is 1.72. The summed E-state index contributed by atoms with van der Waals surface area (Å²) in [6.07, 6.45) is 1.44. The molecule has 0 radical (unpaired) electrons. The lowest BCUT2D eigenvalue weighted by atomic mass is 10.2. The van der Waals surface area contributed by atoms with Crippen LogP contribution in [0.4, 0.5) is 5.69 Å². The number of nitrogens with zero attached hydrogens (tertiary/aromatic N) is 1. The molecule has 2 rings (SSSR count). The Balaban J connectivity index is 2.13. The minimum Gasteiger partial charge on any atom is -0.471 e. The van der Waals surface area contributed by atoms with Gasteiger partial charge in [0.15, 0.2) is 0 Å². The van der Waals surface area contributed by atoms with Crippen LogP contribution in [0.3, 0.4) is 0 Å². The van der Waals surface area contributed by atoms with Gasteiger partial charge in [0.1, 0.15) is 12.3 Å². The number of nitrogens with two attached hydrogens (primary N) is 1. The maximum absolute atomic E-state index is 11.5. The van der Waals surface area contributed by atoms with Gasteiger partial charge in [0.05, 0.1) is 12.7 Å². The van der Waals surface area contributed by atoms with Gasteiger partial charge in [-0.15, -0.1) is 0 Å². The highest BCUT2D eigenvalue weighted by Gasteiger charge is 2.14. The molecule has 0 fully saturated rings. The van der Waals surface area contributed by atoms with Crippen molar-refractivity contribution in [3.63, 3.8) is 0 Å². The Kier molecular flexibility index (Phi) is 4.42. The van der Waals surface area contributed by atoms with Crippen molar-refractivity contribution < 1.29 is 14.3 Å². The van der Waals surface area contributed by atoms with Gasteiger partial charge in [-0.1, -0.05) is 23.7 Å². The molecule has 5 nitrogen and oxygen atoms in total. The first-order valence-corrected chi connectivity index (χ1v) is 6.19. The van der Waals surface area contributed by atoms with Crippen molar-refractivity contribution in [1.29, 1.82) is 0 Å². The summed E-state index contributed by atoms with van der Waals surface area (Å²) in [7, 11) is 1.29. The Bertz CT molecular complexity index is 614. The van der Waals surface area contributed by atoms with Crippen molar-refractivity contribution in [3.8, 4) is 5.88 Å². The standard InChI is InChI=1S/C14H13ClN2O3/c1-19-14(18)11-6-7-17-13(12(11)16)20-8-9-2-4-10(15)5-3-9/h2-7H,8,16H2,1H3. The average molecular weight is 293 g/mol. The third kappa shape index (κ3) is 3.19. The van der Waals surface area contributed by atoms with E-state index in [9.17, 15) is 4.79 Å². The second-order valence-corrected chi connectivity index (χ2v) is 4.42. The van der Waals surface area contributed by atoms with Crippen LogP contribution in [0.15, 0.2) is 36.5 Å². The number of methoxy groups -OCH3 is 1. The minimum absolute atomic E-state index is 0.160. The number of carbonyl (C=O) groups excluding carboxylic acids is 1. The highest BCUT2D eigenvalue weighted by Crippen LogP contribution is 2.24. The first kappa shape index (κ1) is 14.1. The van der Waals surface area contributed by atoms with E-state index in [1.54, 1.807) is 12.1 Å². The summed E-state index contributed by atoms with van der Waals surface area (Å²) in [6, 6.07) is 8.69. The molecule has 0 amide bonds. The van der Waals surface area contributed by atoms with Crippen molar-refractivity contribution in [2.75, 3.05) is 12.8 Å². The molecule has 104 valence electrons. The summed E-state index contributed by atoms with van der Waals surface area (Å²) in [4.78, 5) is 15.5. The Morgan fingerprint density at radius 3 is 2.65 bits per heavy atom. The second-order valence-electron chi connectivity index (χ2n) is 3.98. The molecular weight excluding hydrogens is 280 g/mol. The van der Waals surface area contributed by atoms with Gasteiger partial charge in [0, 0.05) is 11.2 Å². The van der Waals surface area contributed by atoms with Crippen LogP contribution in [-0.2, 0) is 11.3 Å². The van der Waals surface area contributed by atoms with Crippen LogP contribution in [0.2, 0.25) is 5.02 Å². The maximum Gasteiger partial charge on any atom is 0.340 e. The van der Waals surface area contributed by atoms with Crippen molar-refractivity contribution in [2.45, 2.75) is 6.61 Å². The molecule has 0 saturated heterocycles. The van der Waals surface area contributed by atoms with E-state index >= 15 is 0 Å². The number of rotatable bonds is 4. The molecule has 0 atom stereocenters. The lowest BCUT2D eigenvalue weighted by molar-refractivity contribution is 0.0601. The Labute approximate surface area is 121 Å². The third-order valence-corrected chi connectivity index (χ3v) is 2.90. The largest absolute Gasteiger partial charge is 0.471 e. The summed E-state index contributed by atoms with van der Waals surface area (Å²) in [5.74, 6) is -0.330. The molecule has 0 aliphatic carbocycles. The number of halogens is 1. The average Bonchev–Trinajstić information content (AvgIpc) is 2.47. The molecule has 20 heavy (non-hydrogen) atoms. The van der Waals surface area contributed by atoms with E-state index in [1.807, 2.05) is 12.1 Å². The normalized spacial score (nSPS) is 10.1. The number of nitrogen functional groups attached to an aromatic ring is 1. The van der Waals surface area contributed by atoms with Gasteiger partial charge in [0.25, 0.3) is 0 Å². The SMILES string of the molecule is COC(=O)c1ccnc(OCc2ccc(Cl)cc2)c1N. The molecule has 2 aromatic rings. The smallest absolute Gasteiger partial charge is 0.340 e. The maximum atomic E-state index is 11.5. The van der Waals surface area contributed by atoms with Crippen LogP contribution in [0.1, 0.15) is 15.9 Å². The van der Waals surface area contributed by atoms with Crippen molar-refractivity contribution >= 4 is 23.3 Å². The third-order valence-electron chi connectivity index (χ3n) is 2.65. The summed E-state index contributed by atoms with van der Waals surface area (Å²) < 4.78 is 10.1. The van der Waals surface area contributed by atoms with Crippen LogP contribution in [0.25, 0.3) is 0 Å². The zero-order chi connectivity index (χ0) is 14.5. The number of pyridine rings is 1. The number of carbonyl (C=O) groups is 1. The molecular formula is C14H13ClN2O3.